The van der Waals surface area contributed by atoms with E-state index in [1.54, 1.807) is 6.07 Å². The van der Waals surface area contributed by atoms with Gasteiger partial charge in [-0.3, -0.25) is 24.0 Å². The number of primary amides is 1. The Balaban J connectivity index is 1.50. The number of Topliss-reactive ketones (excluding diaryl/α,β-unsaturated/α-hetero) is 1. The van der Waals surface area contributed by atoms with E-state index in [-0.39, 0.29) is 42.3 Å². The van der Waals surface area contributed by atoms with E-state index in [2.05, 4.69) is 23.9 Å². The normalized spacial score (nSPS) is 25.2. The van der Waals surface area contributed by atoms with E-state index in [9.17, 15) is 18.8 Å². The number of amides is 2. The standard InChI is InChI=1S/C23H30FN5O3/c1-23(2)6-3-4-14(10-23)8-19(30)17-9-15(24)12-28(17)20(31)13-29-18-11-26-7-5-16(18)21(27-29)22(25)32/h5,7,11,14-15,17H,3-4,6,8-10,12-13H2,1-2H3,(H2,25,32)/t14-,15-,17+/m1/s1. The molecule has 2 fully saturated rings. The number of halogens is 1. The van der Waals surface area contributed by atoms with Crippen LogP contribution in [0.2, 0.25) is 0 Å². The number of alkyl halides is 1. The van der Waals surface area contributed by atoms with Crippen molar-refractivity contribution in [2.45, 2.75) is 71.1 Å². The molecule has 2 amide bonds. The van der Waals surface area contributed by atoms with Crippen molar-refractivity contribution in [1.29, 1.82) is 0 Å². The highest BCUT2D eigenvalue weighted by Gasteiger charge is 2.41. The highest BCUT2D eigenvalue weighted by Crippen LogP contribution is 2.40. The predicted octanol–water partition coefficient (Wildman–Crippen LogP) is 2.64. The van der Waals surface area contributed by atoms with Gasteiger partial charge < -0.3 is 10.6 Å². The number of carbonyl (C=O) groups excluding carboxylic acids is 3. The molecular weight excluding hydrogens is 413 g/mol. The predicted molar refractivity (Wildman–Crippen MR) is 116 cm³/mol. The first-order valence-corrected chi connectivity index (χ1v) is 11.2. The second kappa shape index (κ2) is 8.60. The Morgan fingerprint density at radius 1 is 1.31 bits per heavy atom. The van der Waals surface area contributed by atoms with Crippen LogP contribution >= 0.6 is 0 Å². The third-order valence-electron chi connectivity index (χ3n) is 6.81. The van der Waals surface area contributed by atoms with E-state index in [0.717, 1.165) is 25.7 Å². The molecule has 1 saturated carbocycles. The van der Waals surface area contributed by atoms with Crippen LogP contribution in [0.1, 0.15) is 62.9 Å². The lowest BCUT2D eigenvalue weighted by Crippen LogP contribution is -2.43. The monoisotopic (exact) mass is 443 g/mol. The highest BCUT2D eigenvalue weighted by molar-refractivity contribution is 6.04. The molecule has 0 unspecified atom stereocenters. The Morgan fingerprint density at radius 3 is 2.81 bits per heavy atom. The van der Waals surface area contributed by atoms with Gasteiger partial charge in [0.15, 0.2) is 11.5 Å². The molecule has 2 aliphatic rings. The molecule has 0 spiro atoms. The van der Waals surface area contributed by atoms with Gasteiger partial charge in [0.2, 0.25) is 5.91 Å². The maximum absolute atomic E-state index is 14.3. The molecule has 0 aromatic carbocycles. The number of hydrogen-bond donors (Lipinski definition) is 1. The van der Waals surface area contributed by atoms with E-state index in [0.29, 0.717) is 17.3 Å². The second-order valence-electron chi connectivity index (χ2n) is 9.96. The summed E-state index contributed by atoms with van der Waals surface area (Å²) in [7, 11) is 0. The molecule has 172 valence electrons. The summed E-state index contributed by atoms with van der Waals surface area (Å²) in [5.74, 6) is -0.898. The summed E-state index contributed by atoms with van der Waals surface area (Å²) in [5, 5.41) is 4.67. The maximum Gasteiger partial charge on any atom is 0.269 e. The molecule has 9 heteroatoms. The van der Waals surface area contributed by atoms with Gasteiger partial charge in [-0.1, -0.05) is 20.3 Å². The van der Waals surface area contributed by atoms with Crippen LogP contribution in [-0.4, -0.2) is 56.0 Å². The van der Waals surface area contributed by atoms with Gasteiger partial charge in [-0.2, -0.15) is 5.10 Å². The fraction of sp³-hybridized carbons (Fsp3) is 0.609. The number of aromatic nitrogens is 3. The van der Waals surface area contributed by atoms with Crippen molar-refractivity contribution in [3.05, 3.63) is 24.2 Å². The van der Waals surface area contributed by atoms with Crippen LogP contribution < -0.4 is 5.73 Å². The maximum atomic E-state index is 14.3. The minimum absolute atomic E-state index is 0.0363. The van der Waals surface area contributed by atoms with Gasteiger partial charge in [0.1, 0.15) is 12.7 Å². The van der Waals surface area contributed by atoms with Gasteiger partial charge in [0, 0.05) is 24.4 Å². The number of fused-ring (bicyclic) bond motifs is 1. The largest absolute Gasteiger partial charge is 0.364 e. The molecule has 1 aliphatic carbocycles. The van der Waals surface area contributed by atoms with E-state index in [1.165, 1.54) is 22.0 Å². The van der Waals surface area contributed by atoms with Gasteiger partial charge in [-0.05, 0) is 36.7 Å². The minimum atomic E-state index is -1.23. The third-order valence-corrected chi connectivity index (χ3v) is 6.81. The molecule has 2 aromatic rings. The zero-order valence-electron chi connectivity index (χ0n) is 18.6. The Labute approximate surface area is 186 Å². The van der Waals surface area contributed by atoms with Gasteiger partial charge >= 0.3 is 0 Å². The number of nitrogens with two attached hydrogens (primary N) is 1. The van der Waals surface area contributed by atoms with Crippen molar-refractivity contribution in [2.75, 3.05) is 6.54 Å². The molecule has 3 atom stereocenters. The summed E-state index contributed by atoms with van der Waals surface area (Å²) in [6, 6.07) is 0.854. The van der Waals surface area contributed by atoms with E-state index in [4.69, 9.17) is 5.73 Å². The molecule has 32 heavy (non-hydrogen) atoms. The van der Waals surface area contributed by atoms with Crippen molar-refractivity contribution in [3.63, 3.8) is 0 Å². The zero-order chi connectivity index (χ0) is 23.0. The Kier molecular flexibility index (Phi) is 6.01. The summed E-state index contributed by atoms with van der Waals surface area (Å²) < 4.78 is 15.7. The highest BCUT2D eigenvalue weighted by atomic mass is 19.1. The molecule has 3 heterocycles. The van der Waals surface area contributed by atoms with E-state index < -0.39 is 24.0 Å². The Morgan fingerprint density at radius 2 is 2.09 bits per heavy atom. The van der Waals surface area contributed by atoms with Crippen LogP contribution in [0.5, 0.6) is 0 Å². The van der Waals surface area contributed by atoms with Gasteiger partial charge in [-0.25, -0.2) is 4.39 Å². The Bertz CT molecular complexity index is 1050. The SMILES string of the molecule is CC1(C)CCC[C@H](CC(=O)[C@@H]2C[C@@H](F)CN2C(=O)Cn2nc(C(N)=O)c3ccncc32)C1. The summed E-state index contributed by atoms with van der Waals surface area (Å²) in [6.07, 6.45) is 6.41. The quantitative estimate of drug-likeness (QED) is 0.738. The lowest BCUT2D eigenvalue weighted by Gasteiger charge is -2.35. The average molecular weight is 444 g/mol. The number of likely N-dealkylation sites (tertiary alicyclic amines) is 1. The van der Waals surface area contributed by atoms with Crippen molar-refractivity contribution in [2.24, 2.45) is 17.1 Å². The molecule has 4 rings (SSSR count). The number of carbonyl (C=O) groups is 3. The topological polar surface area (TPSA) is 111 Å². The van der Waals surface area contributed by atoms with Crippen molar-refractivity contribution in [3.8, 4) is 0 Å². The van der Waals surface area contributed by atoms with E-state index in [1.807, 2.05) is 0 Å². The smallest absolute Gasteiger partial charge is 0.269 e. The zero-order valence-corrected chi connectivity index (χ0v) is 18.6. The van der Waals surface area contributed by atoms with Crippen LogP contribution in [0.3, 0.4) is 0 Å². The summed E-state index contributed by atoms with van der Waals surface area (Å²) in [5.41, 5.74) is 6.15. The molecule has 0 bridgehead atoms. The Hall–Kier alpha value is -2.84. The fourth-order valence-corrected chi connectivity index (χ4v) is 5.36. The van der Waals surface area contributed by atoms with Crippen molar-refractivity contribution in [1.82, 2.24) is 19.7 Å². The number of pyridine rings is 1. The molecule has 8 nitrogen and oxygen atoms in total. The molecular formula is C23H30FN5O3. The first-order valence-electron chi connectivity index (χ1n) is 11.2. The molecule has 0 radical (unpaired) electrons. The van der Waals surface area contributed by atoms with Crippen LogP contribution in [0.25, 0.3) is 10.9 Å². The summed E-state index contributed by atoms with van der Waals surface area (Å²) in [6.45, 7) is 4.11. The first kappa shape index (κ1) is 22.4. The van der Waals surface area contributed by atoms with E-state index >= 15 is 0 Å². The second-order valence-corrected chi connectivity index (χ2v) is 9.96. The van der Waals surface area contributed by atoms with Gasteiger partial charge in [0.25, 0.3) is 5.91 Å². The number of rotatable bonds is 6. The van der Waals surface area contributed by atoms with Crippen molar-refractivity contribution >= 4 is 28.5 Å². The molecule has 2 aromatic heterocycles. The fourth-order valence-electron chi connectivity index (χ4n) is 5.36. The first-order chi connectivity index (χ1) is 15.1. The third kappa shape index (κ3) is 4.52. The van der Waals surface area contributed by atoms with Crippen LogP contribution in [0.15, 0.2) is 18.5 Å². The number of ketones is 1. The summed E-state index contributed by atoms with van der Waals surface area (Å²) >= 11 is 0. The molecule has 1 aliphatic heterocycles. The van der Waals surface area contributed by atoms with Crippen LogP contribution in [0, 0.1) is 11.3 Å². The van der Waals surface area contributed by atoms with Gasteiger partial charge in [-0.15, -0.1) is 0 Å². The van der Waals surface area contributed by atoms with Crippen LogP contribution in [0.4, 0.5) is 4.39 Å². The summed E-state index contributed by atoms with van der Waals surface area (Å²) in [4.78, 5) is 43.3. The lowest BCUT2D eigenvalue weighted by molar-refractivity contribution is -0.138. The molecule has 2 N–H and O–H groups in total. The number of hydrogen-bond acceptors (Lipinski definition) is 5. The lowest BCUT2D eigenvalue weighted by atomic mass is 9.70. The van der Waals surface area contributed by atoms with Crippen LogP contribution in [-0.2, 0) is 16.1 Å². The molecule has 1 saturated heterocycles. The van der Waals surface area contributed by atoms with Gasteiger partial charge in [0.05, 0.1) is 24.3 Å². The average Bonchev–Trinajstić information content (AvgIpc) is 3.28. The van der Waals surface area contributed by atoms with Crippen molar-refractivity contribution < 1.29 is 18.8 Å². The number of nitrogens with zero attached hydrogens (tertiary/aromatic N) is 4. The minimum Gasteiger partial charge on any atom is -0.364 e.